The van der Waals surface area contributed by atoms with E-state index >= 15 is 0 Å². The van der Waals surface area contributed by atoms with Crippen molar-refractivity contribution in [3.63, 3.8) is 0 Å². The molecular weight excluding hydrogens is 483 g/mol. The fourth-order valence-electron chi connectivity index (χ4n) is 4.49. The van der Waals surface area contributed by atoms with E-state index in [1.165, 1.54) is 21.2 Å². The van der Waals surface area contributed by atoms with Crippen LogP contribution in [0.15, 0.2) is 131 Å². The molecule has 0 saturated carbocycles. The maximum absolute atomic E-state index is 5.18. The Kier molecular flexibility index (Phi) is 7.34. The van der Waals surface area contributed by atoms with Crippen LogP contribution in [0.25, 0.3) is 11.4 Å². The first-order valence-electron chi connectivity index (χ1n) is 11.4. The average Bonchev–Trinajstić information content (AvgIpc) is 2.95. The molecule has 0 saturated heterocycles. The molecule has 5 rings (SSSR count). The van der Waals surface area contributed by atoms with E-state index in [1.807, 2.05) is 18.2 Å². The van der Waals surface area contributed by atoms with Gasteiger partial charge in [-0.2, -0.15) is 0 Å². The Morgan fingerprint density at radius 2 is 0.829 bits per heavy atom. The molecule has 0 aliphatic heterocycles. The summed E-state index contributed by atoms with van der Waals surface area (Å²) in [7, 11) is -2.29. The monoisotopic (exact) mass is 509 g/mol. The van der Waals surface area contributed by atoms with E-state index in [1.54, 1.807) is 23.5 Å². The maximum Gasteiger partial charge on any atom is 0.174 e. The summed E-state index contributed by atoms with van der Waals surface area (Å²) < 4.78 is 0. The zero-order valence-corrected chi connectivity index (χ0v) is 22.2. The highest BCUT2D eigenvalue weighted by molar-refractivity contribution is 8.05. The van der Waals surface area contributed by atoms with Crippen molar-refractivity contribution in [2.75, 3.05) is 12.5 Å². The normalized spacial score (nSPS) is 11.4. The lowest BCUT2D eigenvalue weighted by Gasteiger charge is -2.29. The molecule has 0 spiro atoms. The van der Waals surface area contributed by atoms with Crippen molar-refractivity contribution in [3.8, 4) is 11.4 Å². The molecule has 4 aromatic carbocycles. The van der Waals surface area contributed by atoms with Crippen LogP contribution in [0.2, 0.25) is 0 Å². The van der Waals surface area contributed by atoms with Gasteiger partial charge >= 0.3 is 0 Å². The van der Waals surface area contributed by atoms with Crippen LogP contribution in [0.4, 0.5) is 0 Å². The van der Waals surface area contributed by atoms with E-state index in [4.69, 9.17) is 9.97 Å². The summed E-state index contributed by atoms with van der Waals surface area (Å²) in [6, 6.07) is 43.0. The Balaban J connectivity index is 1.93. The molecule has 5 heteroatoms. The topological polar surface area (TPSA) is 25.8 Å². The van der Waals surface area contributed by atoms with Crippen LogP contribution in [0.1, 0.15) is 0 Å². The first-order chi connectivity index (χ1) is 17.3. The van der Waals surface area contributed by atoms with E-state index in [0.29, 0.717) is 0 Å². The van der Waals surface area contributed by atoms with E-state index in [2.05, 4.69) is 116 Å². The molecule has 0 N–H and O–H groups in total. The molecule has 1 aromatic heterocycles. The zero-order chi connectivity index (χ0) is 24.1. The molecule has 1 heterocycles. The molecule has 2 nitrogen and oxygen atoms in total. The highest BCUT2D eigenvalue weighted by Crippen LogP contribution is 2.57. The summed E-state index contributed by atoms with van der Waals surface area (Å²) in [5.74, 6) is 0.773. The third kappa shape index (κ3) is 4.43. The van der Waals surface area contributed by atoms with Gasteiger partial charge in [0.15, 0.2) is 11.1 Å². The predicted molar refractivity (Wildman–Crippen MR) is 156 cm³/mol. The molecule has 35 heavy (non-hydrogen) atoms. The van der Waals surface area contributed by atoms with Crippen LogP contribution in [-0.4, -0.2) is 22.5 Å². The standard InChI is InChI=1S/C30H26N2PS2/c1-34-29-27(30(35-2)32-28(31-29)23-15-7-3-8-16-23)33(24-17-9-4-10-18-24,25-19-11-5-12-20-25)26-21-13-6-14-22-26/h3-22H,1-2H3/q+1. The molecule has 0 aliphatic carbocycles. The van der Waals surface area contributed by atoms with Gasteiger partial charge in [0.25, 0.3) is 0 Å². The Morgan fingerprint density at radius 1 is 0.486 bits per heavy atom. The molecule has 0 bridgehead atoms. The highest BCUT2D eigenvalue weighted by atomic mass is 32.2. The Hall–Kier alpha value is -2.91. The van der Waals surface area contributed by atoms with Gasteiger partial charge in [0.2, 0.25) is 0 Å². The third-order valence-corrected chi connectivity index (χ3v) is 12.0. The van der Waals surface area contributed by atoms with Crippen molar-refractivity contribution in [2.24, 2.45) is 0 Å². The summed E-state index contributed by atoms with van der Waals surface area (Å²) in [6.45, 7) is 0. The molecule has 0 radical (unpaired) electrons. The molecule has 0 fully saturated rings. The SMILES string of the molecule is CSc1nc(-c2ccccc2)nc(SC)c1[P+](c1ccccc1)(c1ccccc1)c1ccccc1. The summed E-state index contributed by atoms with van der Waals surface area (Å²) in [5.41, 5.74) is 1.03. The maximum atomic E-state index is 5.18. The van der Waals surface area contributed by atoms with Gasteiger partial charge in [-0.25, -0.2) is 9.97 Å². The lowest BCUT2D eigenvalue weighted by Crippen LogP contribution is -2.41. The first kappa shape index (κ1) is 23.8. The number of nitrogens with zero attached hydrogens (tertiary/aromatic N) is 2. The molecule has 0 atom stereocenters. The fourth-order valence-corrected chi connectivity index (χ4v) is 11.1. The van der Waals surface area contributed by atoms with Crippen molar-refractivity contribution in [1.29, 1.82) is 0 Å². The Labute approximate surface area is 216 Å². The number of benzene rings is 4. The third-order valence-electron chi connectivity index (χ3n) is 6.00. The molecule has 0 amide bonds. The van der Waals surface area contributed by atoms with Gasteiger partial charge in [-0.05, 0) is 48.9 Å². The van der Waals surface area contributed by atoms with Crippen molar-refractivity contribution in [3.05, 3.63) is 121 Å². The number of thioether (sulfide) groups is 2. The van der Waals surface area contributed by atoms with Crippen LogP contribution in [0, 0.1) is 0 Å². The number of hydrogen-bond acceptors (Lipinski definition) is 4. The molecule has 5 aromatic rings. The fraction of sp³-hybridized carbons (Fsp3) is 0.0667. The zero-order valence-electron chi connectivity index (χ0n) is 19.7. The van der Waals surface area contributed by atoms with Gasteiger partial charge in [-0.15, -0.1) is 23.5 Å². The molecule has 0 aliphatic rings. The minimum absolute atomic E-state index is 0.773. The first-order valence-corrected chi connectivity index (χ1v) is 15.6. The number of rotatable bonds is 7. The average molecular weight is 510 g/mol. The Bertz CT molecular complexity index is 1270. The van der Waals surface area contributed by atoms with Gasteiger partial charge in [0.1, 0.15) is 33.2 Å². The van der Waals surface area contributed by atoms with Crippen molar-refractivity contribution in [1.82, 2.24) is 9.97 Å². The quantitative estimate of drug-likeness (QED) is 0.148. The summed E-state index contributed by atoms with van der Waals surface area (Å²) in [4.78, 5) is 10.4. The van der Waals surface area contributed by atoms with Gasteiger partial charge in [0, 0.05) is 5.56 Å². The van der Waals surface area contributed by atoms with Crippen LogP contribution in [0.3, 0.4) is 0 Å². The Morgan fingerprint density at radius 3 is 1.17 bits per heavy atom. The van der Waals surface area contributed by atoms with E-state index < -0.39 is 7.26 Å². The second-order valence-corrected chi connectivity index (χ2v) is 12.9. The second kappa shape index (κ2) is 10.8. The van der Waals surface area contributed by atoms with Gasteiger partial charge in [-0.1, -0.05) is 84.9 Å². The molecule has 0 unspecified atom stereocenters. The predicted octanol–water partition coefficient (Wildman–Crippen LogP) is 6.21. The van der Waals surface area contributed by atoms with Crippen LogP contribution in [-0.2, 0) is 0 Å². The summed E-state index contributed by atoms with van der Waals surface area (Å²) in [5, 5.41) is 7.22. The second-order valence-electron chi connectivity index (χ2n) is 7.96. The summed E-state index contributed by atoms with van der Waals surface area (Å²) >= 11 is 3.42. The summed E-state index contributed by atoms with van der Waals surface area (Å²) in [6.07, 6.45) is 4.25. The molecular formula is C30H26N2PS2+. The van der Waals surface area contributed by atoms with Crippen molar-refractivity contribution >= 4 is 52.0 Å². The van der Waals surface area contributed by atoms with Gasteiger partial charge < -0.3 is 0 Å². The van der Waals surface area contributed by atoms with Crippen LogP contribution < -0.4 is 21.2 Å². The lowest BCUT2D eigenvalue weighted by atomic mass is 10.2. The minimum Gasteiger partial charge on any atom is -0.217 e. The van der Waals surface area contributed by atoms with Crippen molar-refractivity contribution in [2.45, 2.75) is 10.1 Å². The minimum atomic E-state index is -2.29. The van der Waals surface area contributed by atoms with E-state index in [0.717, 1.165) is 21.4 Å². The van der Waals surface area contributed by atoms with E-state index in [9.17, 15) is 0 Å². The molecule has 172 valence electrons. The lowest BCUT2D eigenvalue weighted by molar-refractivity contribution is 1.01. The van der Waals surface area contributed by atoms with Crippen molar-refractivity contribution < 1.29 is 0 Å². The van der Waals surface area contributed by atoms with Gasteiger partial charge in [0.05, 0.1) is 0 Å². The highest BCUT2D eigenvalue weighted by Gasteiger charge is 2.52. The van der Waals surface area contributed by atoms with Crippen LogP contribution in [0.5, 0.6) is 0 Å². The largest absolute Gasteiger partial charge is 0.217 e. The van der Waals surface area contributed by atoms with Gasteiger partial charge in [-0.3, -0.25) is 0 Å². The number of aromatic nitrogens is 2. The van der Waals surface area contributed by atoms with Crippen LogP contribution >= 0.6 is 30.8 Å². The smallest absolute Gasteiger partial charge is 0.174 e. The van der Waals surface area contributed by atoms with E-state index in [-0.39, 0.29) is 0 Å². The number of hydrogen-bond donors (Lipinski definition) is 0.